The van der Waals surface area contributed by atoms with Gasteiger partial charge < -0.3 is 10.1 Å². The molecule has 0 atom stereocenters. The molecule has 3 nitrogen and oxygen atoms in total. The molecule has 0 aliphatic rings. The van der Waals surface area contributed by atoms with E-state index in [1.54, 1.807) is 0 Å². The van der Waals surface area contributed by atoms with Gasteiger partial charge in [0.1, 0.15) is 0 Å². The highest BCUT2D eigenvalue weighted by Crippen LogP contribution is 1.83. The van der Waals surface area contributed by atoms with E-state index >= 15 is 0 Å². The predicted octanol–water partition coefficient (Wildman–Crippen LogP) is 1.32. The van der Waals surface area contributed by atoms with Crippen LogP contribution in [0.1, 0.15) is 13.8 Å². The van der Waals surface area contributed by atoms with Crippen LogP contribution in [0.3, 0.4) is 0 Å². The van der Waals surface area contributed by atoms with Crippen molar-refractivity contribution in [1.29, 1.82) is 0 Å². The third kappa shape index (κ3) is 5.43. The van der Waals surface area contributed by atoms with Gasteiger partial charge >= 0.3 is 6.09 Å². The van der Waals surface area contributed by atoms with Crippen molar-refractivity contribution in [1.82, 2.24) is 5.32 Å². The van der Waals surface area contributed by atoms with E-state index in [-0.39, 0.29) is 12.1 Å². The van der Waals surface area contributed by atoms with Gasteiger partial charge in [0, 0.05) is 6.04 Å². The first-order valence-corrected chi connectivity index (χ1v) is 3.19. The van der Waals surface area contributed by atoms with Gasteiger partial charge in [-0.15, -0.1) is 0 Å². The van der Waals surface area contributed by atoms with Gasteiger partial charge in [0.15, 0.2) is 6.07 Å². The number of nitrogens with one attached hydrogen (secondary N) is 1. The molecule has 0 aromatic heterocycles. The Labute approximate surface area is 59.3 Å². The molecule has 0 spiro atoms. The Morgan fingerprint density at radius 3 is 2.67 bits per heavy atom. The quantitative estimate of drug-likeness (QED) is 0.605. The first-order valence-electron chi connectivity index (χ1n) is 2.66. The number of hydrogen-bond donors (Lipinski definition) is 1. The minimum atomic E-state index is -0.472. The van der Waals surface area contributed by atoms with Crippen molar-refractivity contribution in [2.75, 3.05) is 6.07 Å². The molecule has 1 amide bonds. The first-order chi connectivity index (χ1) is 4.16. The zero-order valence-corrected chi connectivity index (χ0v) is 6.23. The van der Waals surface area contributed by atoms with Crippen molar-refractivity contribution in [3.63, 3.8) is 0 Å². The highest BCUT2D eigenvalue weighted by atomic mass is 35.5. The topological polar surface area (TPSA) is 38.3 Å². The standard InChI is InChI=1S/C5H10ClNO2/c1-4(2)7-5(8)9-3-6/h4H,3H2,1-2H3,(H,7,8). The predicted molar refractivity (Wildman–Crippen MR) is 35.5 cm³/mol. The smallest absolute Gasteiger partial charge is 0.408 e. The highest BCUT2D eigenvalue weighted by Gasteiger charge is 2.00. The number of halogens is 1. The van der Waals surface area contributed by atoms with Crippen LogP contribution in [0.25, 0.3) is 0 Å². The molecule has 4 heteroatoms. The maximum atomic E-state index is 10.4. The molecule has 0 unspecified atom stereocenters. The fraction of sp³-hybridized carbons (Fsp3) is 0.800. The van der Waals surface area contributed by atoms with Crippen LogP contribution in [-0.4, -0.2) is 18.2 Å². The van der Waals surface area contributed by atoms with Gasteiger partial charge in [-0.05, 0) is 13.8 Å². The minimum absolute atomic E-state index is 0.0979. The molecule has 54 valence electrons. The number of alkyl halides is 1. The number of ether oxygens (including phenoxy) is 1. The number of amides is 1. The molecule has 9 heavy (non-hydrogen) atoms. The fourth-order valence-corrected chi connectivity index (χ4v) is 0.426. The number of alkyl carbamates (subject to hydrolysis) is 1. The number of carbonyl (C=O) groups excluding carboxylic acids is 1. The van der Waals surface area contributed by atoms with Gasteiger partial charge in [-0.2, -0.15) is 0 Å². The molecule has 0 aromatic rings. The maximum absolute atomic E-state index is 10.4. The number of rotatable bonds is 2. The Morgan fingerprint density at radius 1 is 1.78 bits per heavy atom. The molecule has 0 saturated heterocycles. The number of carbonyl (C=O) groups is 1. The second-order valence-corrected chi connectivity index (χ2v) is 2.06. The summed E-state index contributed by atoms with van der Waals surface area (Å²) in [7, 11) is 0. The summed E-state index contributed by atoms with van der Waals surface area (Å²) in [5, 5.41) is 2.50. The van der Waals surface area contributed by atoms with Crippen LogP contribution in [0.5, 0.6) is 0 Å². The summed E-state index contributed by atoms with van der Waals surface area (Å²) in [5.41, 5.74) is 0. The summed E-state index contributed by atoms with van der Waals surface area (Å²) in [6.07, 6.45) is -0.472. The zero-order valence-electron chi connectivity index (χ0n) is 5.48. The lowest BCUT2D eigenvalue weighted by atomic mass is 10.4. The second-order valence-electron chi connectivity index (χ2n) is 1.84. The summed E-state index contributed by atoms with van der Waals surface area (Å²) in [6.45, 7) is 3.69. The molecule has 0 fully saturated rings. The van der Waals surface area contributed by atoms with E-state index < -0.39 is 6.09 Å². The molecule has 0 aliphatic heterocycles. The van der Waals surface area contributed by atoms with Crippen molar-refractivity contribution in [3.8, 4) is 0 Å². The summed E-state index contributed by atoms with van der Waals surface area (Å²) in [6, 6.07) is -0.000772. The van der Waals surface area contributed by atoms with Crippen molar-refractivity contribution in [2.45, 2.75) is 19.9 Å². The molecule has 0 aromatic carbocycles. The van der Waals surface area contributed by atoms with E-state index in [1.807, 2.05) is 13.8 Å². The molecular weight excluding hydrogens is 142 g/mol. The van der Waals surface area contributed by atoms with Crippen LogP contribution in [-0.2, 0) is 4.74 Å². The zero-order chi connectivity index (χ0) is 7.28. The van der Waals surface area contributed by atoms with Gasteiger partial charge in [-0.25, -0.2) is 4.79 Å². The van der Waals surface area contributed by atoms with Crippen LogP contribution < -0.4 is 5.32 Å². The van der Waals surface area contributed by atoms with Crippen LogP contribution in [0, 0.1) is 0 Å². The average Bonchev–Trinajstić information content (AvgIpc) is 1.63. The Hall–Kier alpha value is -0.440. The van der Waals surface area contributed by atoms with Gasteiger partial charge in [-0.1, -0.05) is 11.6 Å². The van der Waals surface area contributed by atoms with Gasteiger partial charge in [0.2, 0.25) is 0 Å². The highest BCUT2D eigenvalue weighted by molar-refractivity contribution is 6.17. The first kappa shape index (κ1) is 8.56. The average molecular weight is 152 g/mol. The van der Waals surface area contributed by atoms with Crippen LogP contribution in [0.15, 0.2) is 0 Å². The van der Waals surface area contributed by atoms with Crippen LogP contribution in [0.4, 0.5) is 4.79 Å². The molecular formula is C5H10ClNO2. The Bertz CT molecular complexity index is 95.0. The summed E-state index contributed by atoms with van der Waals surface area (Å²) >= 11 is 5.10. The molecule has 0 radical (unpaired) electrons. The molecule has 0 bridgehead atoms. The molecule has 1 N–H and O–H groups in total. The fourth-order valence-electron chi connectivity index (χ4n) is 0.327. The Morgan fingerprint density at radius 2 is 2.33 bits per heavy atom. The molecule has 0 saturated carbocycles. The van der Waals surface area contributed by atoms with E-state index in [9.17, 15) is 4.79 Å². The van der Waals surface area contributed by atoms with Gasteiger partial charge in [-0.3, -0.25) is 0 Å². The minimum Gasteiger partial charge on any atom is -0.433 e. The number of hydrogen-bond acceptors (Lipinski definition) is 2. The third-order valence-electron chi connectivity index (χ3n) is 0.592. The third-order valence-corrected chi connectivity index (χ3v) is 0.701. The van der Waals surface area contributed by atoms with E-state index in [4.69, 9.17) is 11.6 Å². The summed E-state index contributed by atoms with van der Waals surface area (Å²) in [4.78, 5) is 10.4. The Kier molecular flexibility index (Phi) is 4.22. The lowest BCUT2D eigenvalue weighted by molar-refractivity contribution is 0.162. The molecule has 0 aliphatic carbocycles. The van der Waals surface area contributed by atoms with Crippen LogP contribution >= 0.6 is 11.6 Å². The summed E-state index contributed by atoms with van der Waals surface area (Å²) < 4.78 is 4.37. The van der Waals surface area contributed by atoms with Crippen molar-refractivity contribution in [3.05, 3.63) is 0 Å². The normalized spacial score (nSPS) is 9.33. The second kappa shape index (κ2) is 4.44. The van der Waals surface area contributed by atoms with Crippen molar-refractivity contribution in [2.24, 2.45) is 0 Å². The van der Waals surface area contributed by atoms with E-state index in [1.165, 1.54) is 0 Å². The van der Waals surface area contributed by atoms with Crippen LogP contribution in [0.2, 0.25) is 0 Å². The summed E-state index contributed by atoms with van der Waals surface area (Å²) in [5.74, 6) is 0. The largest absolute Gasteiger partial charge is 0.433 e. The van der Waals surface area contributed by atoms with Gasteiger partial charge in [0.25, 0.3) is 0 Å². The Balaban J connectivity index is 3.27. The van der Waals surface area contributed by atoms with E-state index in [0.717, 1.165) is 0 Å². The van der Waals surface area contributed by atoms with E-state index in [0.29, 0.717) is 0 Å². The van der Waals surface area contributed by atoms with Crippen molar-refractivity contribution < 1.29 is 9.53 Å². The van der Waals surface area contributed by atoms with Crippen molar-refractivity contribution >= 4 is 17.7 Å². The SMILES string of the molecule is CC(C)NC(=O)OCCl. The molecule has 0 rings (SSSR count). The monoisotopic (exact) mass is 151 g/mol. The maximum Gasteiger partial charge on any atom is 0.408 e. The lowest BCUT2D eigenvalue weighted by Gasteiger charge is -2.05. The van der Waals surface area contributed by atoms with Gasteiger partial charge in [0.05, 0.1) is 0 Å². The lowest BCUT2D eigenvalue weighted by Crippen LogP contribution is -2.30. The molecule has 0 heterocycles. The van der Waals surface area contributed by atoms with E-state index in [2.05, 4.69) is 10.1 Å².